The van der Waals surface area contributed by atoms with Crippen LogP contribution in [0.25, 0.3) is 11.5 Å². The van der Waals surface area contributed by atoms with Gasteiger partial charge in [-0.2, -0.15) is 0 Å². The molecule has 0 aliphatic heterocycles. The molecule has 3 rings (SSSR count). The predicted octanol–water partition coefficient (Wildman–Crippen LogP) is 3.77. The van der Waals surface area contributed by atoms with E-state index >= 15 is 0 Å². The van der Waals surface area contributed by atoms with Gasteiger partial charge in [-0.15, -0.1) is 0 Å². The van der Waals surface area contributed by atoms with Crippen LogP contribution >= 0.6 is 0 Å². The van der Waals surface area contributed by atoms with Crippen molar-refractivity contribution >= 4 is 5.82 Å². The standard InChI is InChI=1S/C16H19FN4/c1-2-18-15-9-14(11-5-3-4-6-11)20-16(21-15)13-8-7-12(17)10-19-13/h7-11H,2-6H2,1H3,(H,18,20,21). The molecule has 1 aliphatic rings. The van der Waals surface area contributed by atoms with Crippen molar-refractivity contribution in [3.8, 4) is 11.5 Å². The Balaban J connectivity index is 1.99. The maximum absolute atomic E-state index is 13.0. The summed E-state index contributed by atoms with van der Waals surface area (Å²) in [5.74, 6) is 1.54. The van der Waals surface area contributed by atoms with Gasteiger partial charge in [0.25, 0.3) is 0 Å². The molecule has 0 saturated heterocycles. The van der Waals surface area contributed by atoms with Gasteiger partial charge in [-0.3, -0.25) is 0 Å². The molecule has 0 spiro atoms. The van der Waals surface area contributed by atoms with Crippen LogP contribution in [0.5, 0.6) is 0 Å². The number of hydrogen-bond donors (Lipinski definition) is 1. The van der Waals surface area contributed by atoms with Gasteiger partial charge in [0.05, 0.1) is 6.20 Å². The zero-order valence-electron chi connectivity index (χ0n) is 12.1. The van der Waals surface area contributed by atoms with Gasteiger partial charge >= 0.3 is 0 Å². The van der Waals surface area contributed by atoms with E-state index in [-0.39, 0.29) is 5.82 Å². The quantitative estimate of drug-likeness (QED) is 0.929. The fourth-order valence-electron chi connectivity index (χ4n) is 2.79. The number of hydrogen-bond acceptors (Lipinski definition) is 4. The van der Waals surface area contributed by atoms with Gasteiger partial charge in [0.15, 0.2) is 5.82 Å². The molecule has 5 heteroatoms. The molecule has 4 nitrogen and oxygen atoms in total. The van der Waals surface area contributed by atoms with Crippen LogP contribution in [0.3, 0.4) is 0 Å². The number of rotatable bonds is 4. The zero-order chi connectivity index (χ0) is 14.7. The van der Waals surface area contributed by atoms with E-state index in [1.807, 2.05) is 13.0 Å². The summed E-state index contributed by atoms with van der Waals surface area (Å²) >= 11 is 0. The maximum atomic E-state index is 13.0. The summed E-state index contributed by atoms with van der Waals surface area (Å²) in [6.45, 7) is 2.84. The molecule has 2 aromatic rings. The Morgan fingerprint density at radius 2 is 2.05 bits per heavy atom. The summed E-state index contributed by atoms with van der Waals surface area (Å²) in [7, 11) is 0. The van der Waals surface area contributed by atoms with Gasteiger partial charge in [0.2, 0.25) is 0 Å². The second-order valence-electron chi connectivity index (χ2n) is 5.38. The summed E-state index contributed by atoms with van der Waals surface area (Å²) in [4.78, 5) is 13.2. The fourth-order valence-corrected chi connectivity index (χ4v) is 2.79. The van der Waals surface area contributed by atoms with E-state index < -0.39 is 0 Å². The Kier molecular flexibility index (Phi) is 4.08. The molecule has 2 heterocycles. The van der Waals surface area contributed by atoms with Crippen LogP contribution in [0.15, 0.2) is 24.4 Å². The van der Waals surface area contributed by atoms with Crippen molar-refractivity contribution < 1.29 is 4.39 Å². The molecule has 2 aromatic heterocycles. The molecule has 0 amide bonds. The van der Waals surface area contributed by atoms with E-state index in [2.05, 4.69) is 20.3 Å². The molecule has 0 bridgehead atoms. The molecular formula is C16H19FN4. The molecule has 0 aromatic carbocycles. The Hall–Kier alpha value is -2.04. The highest BCUT2D eigenvalue weighted by Gasteiger charge is 2.20. The first-order valence-electron chi connectivity index (χ1n) is 7.51. The predicted molar refractivity (Wildman–Crippen MR) is 80.6 cm³/mol. The third kappa shape index (κ3) is 3.17. The Labute approximate surface area is 123 Å². The van der Waals surface area contributed by atoms with Crippen molar-refractivity contribution in [2.75, 3.05) is 11.9 Å². The number of pyridine rings is 1. The van der Waals surface area contributed by atoms with Gasteiger partial charge in [0, 0.05) is 24.2 Å². The Morgan fingerprint density at radius 3 is 2.71 bits per heavy atom. The lowest BCUT2D eigenvalue weighted by molar-refractivity contribution is 0.621. The lowest BCUT2D eigenvalue weighted by atomic mass is 10.0. The first-order chi connectivity index (χ1) is 10.3. The number of aromatic nitrogens is 3. The lowest BCUT2D eigenvalue weighted by Gasteiger charge is -2.12. The SMILES string of the molecule is CCNc1cc(C2CCCC2)nc(-c2ccc(F)cn2)n1. The zero-order valence-corrected chi connectivity index (χ0v) is 12.1. The van der Waals surface area contributed by atoms with Crippen LogP contribution in [0, 0.1) is 5.82 Å². The highest BCUT2D eigenvalue weighted by atomic mass is 19.1. The number of halogens is 1. The van der Waals surface area contributed by atoms with Crippen molar-refractivity contribution in [2.24, 2.45) is 0 Å². The van der Waals surface area contributed by atoms with Crippen molar-refractivity contribution in [2.45, 2.75) is 38.5 Å². The van der Waals surface area contributed by atoms with E-state index in [1.165, 1.54) is 37.9 Å². The molecule has 21 heavy (non-hydrogen) atoms. The first kappa shape index (κ1) is 13.9. The smallest absolute Gasteiger partial charge is 0.180 e. The van der Waals surface area contributed by atoms with Crippen LogP contribution < -0.4 is 5.32 Å². The summed E-state index contributed by atoms with van der Waals surface area (Å²) in [6.07, 6.45) is 6.08. The van der Waals surface area contributed by atoms with E-state index in [1.54, 1.807) is 6.07 Å². The summed E-state index contributed by atoms with van der Waals surface area (Å²) in [5, 5.41) is 3.24. The normalized spacial score (nSPS) is 15.3. The van der Waals surface area contributed by atoms with Crippen LogP contribution in [0.4, 0.5) is 10.2 Å². The molecule has 110 valence electrons. The van der Waals surface area contributed by atoms with Crippen molar-refractivity contribution in [3.05, 3.63) is 35.9 Å². The van der Waals surface area contributed by atoms with Crippen molar-refractivity contribution in [1.82, 2.24) is 15.0 Å². The minimum atomic E-state index is -0.349. The van der Waals surface area contributed by atoms with Crippen LogP contribution in [0.1, 0.15) is 44.2 Å². The number of nitrogens with one attached hydrogen (secondary N) is 1. The molecule has 1 saturated carbocycles. The molecule has 1 fully saturated rings. The fraction of sp³-hybridized carbons (Fsp3) is 0.438. The number of nitrogens with zero attached hydrogens (tertiary/aromatic N) is 3. The molecule has 0 atom stereocenters. The second kappa shape index (κ2) is 6.16. The molecule has 1 aliphatic carbocycles. The first-order valence-corrected chi connectivity index (χ1v) is 7.51. The highest BCUT2D eigenvalue weighted by molar-refractivity contribution is 5.53. The third-order valence-corrected chi connectivity index (χ3v) is 3.83. The second-order valence-corrected chi connectivity index (χ2v) is 5.38. The monoisotopic (exact) mass is 286 g/mol. The topological polar surface area (TPSA) is 50.7 Å². The van der Waals surface area contributed by atoms with Crippen molar-refractivity contribution in [1.29, 1.82) is 0 Å². The van der Waals surface area contributed by atoms with E-state index in [9.17, 15) is 4.39 Å². The third-order valence-electron chi connectivity index (χ3n) is 3.83. The summed E-state index contributed by atoms with van der Waals surface area (Å²) < 4.78 is 13.0. The summed E-state index contributed by atoms with van der Waals surface area (Å²) in [6, 6.07) is 5.05. The minimum Gasteiger partial charge on any atom is -0.370 e. The molecule has 1 N–H and O–H groups in total. The molecule has 0 unspecified atom stereocenters. The van der Waals surface area contributed by atoms with Crippen LogP contribution in [0.2, 0.25) is 0 Å². The Bertz CT molecular complexity index is 606. The average Bonchev–Trinajstić information content (AvgIpc) is 3.02. The van der Waals surface area contributed by atoms with Crippen LogP contribution in [-0.2, 0) is 0 Å². The van der Waals surface area contributed by atoms with Gasteiger partial charge in [-0.1, -0.05) is 12.8 Å². The van der Waals surface area contributed by atoms with E-state index in [4.69, 9.17) is 0 Å². The average molecular weight is 286 g/mol. The van der Waals surface area contributed by atoms with Gasteiger partial charge < -0.3 is 5.32 Å². The molecule has 0 radical (unpaired) electrons. The molecular weight excluding hydrogens is 267 g/mol. The van der Waals surface area contributed by atoms with Crippen molar-refractivity contribution in [3.63, 3.8) is 0 Å². The maximum Gasteiger partial charge on any atom is 0.180 e. The minimum absolute atomic E-state index is 0.349. The van der Waals surface area contributed by atoms with Gasteiger partial charge in [-0.05, 0) is 31.9 Å². The van der Waals surface area contributed by atoms with Gasteiger partial charge in [-0.25, -0.2) is 19.3 Å². The lowest BCUT2D eigenvalue weighted by Crippen LogP contribution is -2.06. The van der Waals surface area contributed by atoms with Gasteiger partial charge in [0.1, 0.15) is 17.3 Å². The largest absolute Gasteiger partial charge is 0.370 e. The van der Waals surface area contributed by atoms with Crippen LogP contribution in [-0.4, -0.2) is 21.5 Å². The highest BCUT2D eigenvalue weighted by Crippen LogP contribution is 2.34. The number of anilines is 1. The summed E-state index contributed by atoms with van der Waals surface area (Å²) in [5.41, 5.74) is 1.68. The van der Waals surface area contributed by atoms with E-state index in [0.29, 0.717) is 17.4 Å². The Morgan fingerprint density at radius 1 is 1.24 bits per heavy atom. The van der Waals surface area contributed by atoms with E-state index in [0.717, 1.165) is 18.1 Å².